The summed E-state index contributed by atoms with van der Waals surface area (Å²) >= 11 is 0. The predicted octanol–water partition coefficient (Wildman–Crippen LogP) is 1.52. The fourth-order valence-corrected chi connectivity index (χ4v) is 3.68. The number of rotatable bonds is 6. The zero-order valence-electron chi connectivity index (χ0n) is 12.7. The summed E-state index contributed by atoms with van der Waals surface area (Å²) in [5.74, 6) is -1.10. The van der Waals surface area contributed by atoms with E-state index in [0.717, 1.165) is 25.8 Å². The van der Waals surface area contributed by atoms with Crippen molar-refractivity contribution in [3.05, 3.63) is 12.2 Å². The van der Waals surface area contributed by atoms with Gasteiger partial charge < -0.3 is 14.4 Å². The molecule has 2 bridgehead atoms. The van der Waals surface area contributed by atoms with Crippen LogP contribution in [0.1, 0.15) is 33.1 Å². The van der Waals surface area contributed by atoms with Crippen LogP contribution >= 0.6 is 0 Å². The van der Waals surface area contributed by atoms with Crippen molar-refractivity contribution in [2.75, 3.05) is 19.7 Å². The number of fused-ring (bicyclic) bond motifs is 1. The smallest absolute Gasteiger partial charge is 0.312 e. The Labute approximate surface area is 125 Å². The van der Waals surface area contributed by atoms with Crippen molar-refractivity contribution in [3.63, 3.8) is 0 Å². The molecule has 0 saturated carbocycles. The maximum atomic E-state index is 12.7. The monoisotopic (exact) mass is 293 g/mol. The van der Waals surface area contributed by atoms with Crippen LogP contribution in [-0.2, 0) is 19.1 Å². The largest absolute Gasteiger partial charge is 0.465 e. The van der Waals surface area contributed by atoms with Crippen molar-refractivity contribution < 1.29 is 19.1 Å². The fourth-order valence-electron chi connectivity index (χ4n) is 3.68. The molecule has 3 aliphatic rings. The molecule has 1 spiro atoms. The topological polar surface area (TPSA) is 55.8 Å². The van der Waals surface area contributed by atoms with E-state index in [1.165, 1.54) is 0 Å². The van der Waals surface area contributed by atoms with Gasteiger partial charge in [0.25, 0.3) is 0 Å². The second-order valence-corrected chi connectivity index (χ2v) is 6.18. The van der Waals surface area contributed by atoms with E-state index in [9.17, 15) is 9.59 Å². The minimum absolute atomic E-state index is 0.0498. The molecule has 0 aromatic rings. The lowest BCUT2D eigenvalue weighted by atomic mass is 9.77. The third-order valence-electron chi connectivity index (χ3n) is 4.68. The lowest BCUT2D eigenvalue weighted by molar-refractivity contribution is -0.153. The number of amides is 1. The summed E-state index contributed by atoms with van der Waals surface area (Å²) in [5, 5.41) is 0. The van der Waals surface area contributed by atoms with Gasteiger partial charge in [0.1, 0.15) is 11.5 Å². The number of esters is 1. The first-order valence-corrected chi connectivity index (χ1v) is 7.95. The summed E-state index contributed by atoms with van der Waals surface area (Å²) in [4.78, 5) is 26.8. The molecule has 116 valence electrons. The maximum Gasteiger partial charge on any atom is 0.312 e. The van der Waals surface area contributed by atoms with E-state index >= 15 is 0 Å². The average Bonchev–Trinajstić information content (AvgIpc) is 3.11. The van der Waals surface area contributed by atoms with E-state index in [0.29, 0.717) is 13.2 Å². The summed E-state index contributed by atoms with van der Waals surface area (Å²) < 4.78 is 11.3. The lowest BCUT2D eigenvalue weighted by Gasteiger charge is -2.22. The highest BCUT2D eigenvalue weighted by molar-refractivity contribution is 5.91. The van der Waals surface area contributed by atoms with Crippen molar-refractivity contribution in [3.8, 4) is 0 Å². The van der Waals surface area contributed by atoms with Gasteiger partial charge in [-0.3, -0.25) is 9.59 Å². The first kappa shape index (κ1) is 14.6. The Kier molecular flexibility index (Phi) is 3.78. The minimum Gasteiger partial charge on any atom is -0.465 e. The highest BCUT2D eigenvalue weighted by Crippen LogP contribution is 2.52. The molecule has 3 rings (SSSR count). The fraction of sp³-hybridized carbons (Fsp3) is 0.750. The van der Waals surface area contributed by atoms with E-state index in [4.69, 9.17) is 9.47 Å². The molecule has 5 heteroatoms. The Morgan fingerprint density at radius 1 is 1.48 bits per heavy atom. The Morgan fingerprint density at radius 3 is 3.00 bits per heavy atom. The molecule has 3 heterocycles. The van der Waals surface area contributed by atoms with Gasteiger partial charge in [-0.2, -0.15) is 0 Å². The molecule has 21 heavy (non-hydrogen) atoms. The van der Waals surface area contributed by atoms with E-state index in [2.05, 4.69) is 6.92 Å². The van der Waals surface area contributed by atoms with Crippen LogP contribution in [0.15, 0.2) is 12.2 Å². The van der Waals surface area contributed by atoms with E-state index < -0.39 is 17.4 Å². The Bertz CT molecular complexity index is 475. The van der Waals surface area contributed by atoms with Crippen LogP contribution in [-0.4, -0.2) is 48.2 Å². The quantitative estimate of drug-likeness (QED) is 0.550. The first-order valence-electron chi connectivity index (χ1n) is 7.95. The van der Waals surface area contributed by atoms with Gasteiger partial charge in [0.05, 0.1) is 25.2 Å². The number of hydrogen-bond acceptors (Lipinski definition) is 4. The van der Waals surface area contributed by atoms with Crippen molar-refractivity contribution in [1.29, 1.82) is 0 Å². The van der Waals surface area contributed by atoms with Gasteiger partial charge in [0.15, 0.2) is 0 Å². The highest BCUT2D eigenvalue weighted by atomic mass is 16.6. The molecule has 0 unspecified atom stereocenters. The molecule has 0 radical (unpaired) electrons. The average molecular weight is 293 g/mol. The van der Waals surface area contributed by atoms with E-state index in [-0.39, 0.29) is 18.0 Å². The number of carbonyl (C=O) groups excluding carboxylic acids is 2. The SMILES string of the molecule is CCCCN1C[C@]23C=C[C@@H](O2)[C@@H](C(=O)OCCC)[C@@H]3C1=O. The molecule has 0 aromatic heterocycles. The molecular weight excluding hydrogens is 270 g/mol. The maximum absolute atomic E-state index is 12.7. The van der Waals surface area contributed by atoms with Gasteiger partial charge >= 0.3 is 5.97 Å². The van der Waals surface area contributed by atoms with Crippen LogP contribution in [0.25, 0.3) is 0 Å². The summed E-state index contributed by atoms with van der Waals surface area (Å²) in [7, 11) is 0. The number of unbranched alkanes of at least 4 members (excludes halogenated alkanes) is 1. The molecule has 4 atom stereocenters. The van der Waals surface area contributed by atoms with Gasteiger partial charge in [0.2, 0.25) is 5.91 Å². The standard InChI is InChI=1S/C16H23NO4/c1-3-5-8-17-10-16-7-6-11(21-16)12(13(16)14(17)18)15(19)20-9-4-2/h6-7,11-13H,3-5,8-10H2,1-2H3/t11-,12-,13-,16+/m1/s1. The minimum atomic E-state index is -0.592. The third kappa shape index (κ3) is 2.18. The van der Waals surface area contributed by atoms with E-state index in [1.807, 2.05) is 24.0 Å². The number of likely N-dealkylation sites (tertiary alicyclic amines) is 1. The second kappa shape index (κ2) is 5.44. The Hall–Kier alpha value is -1.36. The molecule has 5 nitrogen and oxygen atoms in total. The lowest BCUT2D eigenvalue weighted by Crippen LogP contribution is -2.40. The highest BCUT2D eigenvalue weighted by Gasteiger charge is 2.67. The summed E-state index contributed by atoms with van der Waals surface area (Å²) in [6, 6.07) is 0. The molecule has 0 N–H and O–H groups in total. The number of carbonyl (C=O) groups is 2. The summed E-state index contributed by atoms with van der Waals surface area (Å²) in [5.41, 5.74) is -0.592. The van der Waals surface area contributed by atoms with Crippen LogP contribution in [0, 0.1) is 11.8 Å². The first-order chi connectivity index (χ1) is 10.1. The second-order valence-electron chi connectivity index (χ2n) is 6.18. The number of ether oxygens (including phenoxy) is 2. The van der Waals surface area contributed by atoms with Crippen LogP contribution < -0.4 is 0 Å². The van der Waals surface area contributed by atoms with Gasteiger partial charge in [-0.05, 0) is 12.8 Å². The molecule has 0 aliphatic carbocycles. The Morgan fingerprint density at radius 2 is 2.29 bits per heavy atom. The van der Waals surface area contributed by atoms with Crippen molar-refractivity contribution >= 4 is 11.9 Å². The molecule has 2 fully saturated rings. The van der Waals surface area contributed by atoms with Gasteiger partial charge in [-0.1, -0.05) is 32.4 Å². The molecule has 2 saturated heterocycles. The predicted molar refractivity (Wildman–Crippen MR) is 76.5 cm³/mol. The van der Waals surface area contributed by atoms with Crippen molar-refractivity contribution in [2.45, 2.75) is 44.8 Å². The van der Waals surface area contributed by atoms with Crippen LogP contribution in [0.2, 0.25) is 0 Å². The van der Waals surface area contributed by atoms with Crippen LogP contribution in [0.4, 0.5) is 0 Å². The Balaban J connectivity index is 1.78. The third-order valence-corrected chi connectivity index (χ3v) is 4.68. The van der Waals surface area contributed by atoms with Gasteiger partial charge in [-0.15, -0.1) is 0 Å². The molecule has 3 aliphatic heterocycles. The molecular formula is C16H23NO4. The number of nitrogens with zero attached hydrogens (tertiary/aromatic N) is 1. The summed E-state index contributed by atoms with van der Waals surface area (Å²) in [6.07, 6.45) is 6.42. The molecule has 1 amide bonds. The number of hydrogen-bond donors (Lipinski definition) is 0. The van der Waals surface area contributed by atoms with E-state index in [1.54, 1.807) is 0 Å². The summed E-state index contributed by atoms with van der Waals surface area (Å²) in [6.45, 7) is 5.78. The van der Waals surface area contributed by atoms with Crippen molar-refractivity contribution in [2.24, 2.45) is 11.8 Å². The zero-order chi connectivity index (χ0) is 15.0. The van der Waals surface area contributed by atoms with Gasteiger partial charge in [0, 0.05) is 6.54 Å². The zero-order valence-corrected chi connectivity index (χ0v) is 12.7. The van der Waals surface area contributed by atoms with Crippen molar-refractivity contribution in [1.82, 2.24) is 4.90 Å². The molecule has 0 aromatic carbocycles. The van der Waals surface area contributed by atoms with Crippen LogP contribution in [0.5, 0.6) is 0 Å². The van der Waals surface area contributed by atoms with Crippen LogP contribution in [0.3, 0.4) is 0 Å². The van der Waals surface area contributed by atoms with Gasteiger partial charge in [-0.25, -0.2) is 0 Å². The normalized spacial score (nSPS) is 36.4.